The van der Waals surface area contributed by atoms with E-state index in [0.29, 0.717) is 5.69 Å². The van der Waals surface area contributed by atoms with Crippen LogP contribution in [0.15, 0.2) is 72.8 Å². The Hall–Kier alpha value is -3.05. The Balaban J connectivity index is 1.58. The van der Waals surface area contributed by atoms with Crippen LogP contribution in [-0.2, 0) is 4.79 Å². The van der Waals surface area contributed by atoms with Crippen molar-refractivity contribution in [3.05, 3.63) is 83.6 Å². The summed E-state index contributed by atoms with van der Waals surface area (Å²) in [4.78, 5) is 12.1. The van der Waals surface area contributed by atoms with Gasteiger partial charge in [0.15, 0.2) is 6.61 Å². The smallest absolute Gasteiger partial charge is 0.262 e. The summed E-state index contributed by atoms with van der Waals surface area (Å²) < 4.78 is 18.3. The quantitative estimate of drug-likeness (QED) is 0.623. The summed E-state index contributed by atoms with van der Waals surface area (Å²) in [5, 5.41) is 6.12. The van der Waals surface area contributed by atoms with E-state index in [1.54, 1.807) is 6.07 Å². The van der Waals surface area contributed by atoms with Crippen LogP contribution in [-0.4, -0.2) is 12.5 Å². The second-order valence-corrected chi connectivity index (χ2v) is 5.89. The number of hydrogen-bond donors (Lipinski definition) is 2. The number of para-hydroxylation sites is 1. The molecule has 0 atom stereocenters. The molecule has 0 fully saturated rings. The van der Waals surface area contributed by atoms with Gasteiger partial charge < -0.3 is 15.4 Å². The molecule has 0 aromatic heterocycles. The number of halogens is 2. The minimum Gasteiger partial charge on any atom is -0.482 e. The zero-order valence-electron chi connectivity index (χ0n) is 13.7. The van der Waals surface area contributed by atoms with Gasteiger partial charge in [0.2, 0.25) is 0 Å². The van der Waals surface area contributed by atoms with Gasteiger partial charge in [-0.3, -0.25) is 4.79 Å². The average molecular weight is 371 g/mol. The minimum atomic E-state index is -0.463. The van der Waals surface area contributed by atoms with E-state index < -0.39 is 5.82 Å². The third-order valence-corrected chi connectivity index (χ3v) is 3.76. The van der Waals surface area contributed by atoms with E-state index in [1.807, 2.05) is 48.5 Å². The van der Waals surface area contributed by atoms with Gasteiger partial charge in [-0.05, 0) is 48.5 Å². The highest BCUT2D eigenvalue weighted by atomic mass is 35.5. The number of carbonyl (C=O) groups excluding carboxylic acids is 1. The van der Waals surface area contributed by atoms with Crippen molar-refractivity contribution >= 4 is 34.6 Å². The molecule has 6 heteroatoms. The Labute approximate surface area is 155 Å². The second kappa shape index (κ2) is 8.36. The molecule has 26 heavy (non-hydrogen) atoms. The zero-order valence-corrected chi connectivity index (χ0v) is 14.5. The van der Waals surface area contributed by atoms with Gasteiger partial charge in [-0.25, -0.2) is 4.39 Å². The number of ether oxygens (including phenoxy) is 1. The lowest BCUT2D eigenvalue weighted by molar-refractivity contribution is -0.118. The van der Waals surface area contributed by atoms with Crippen LogP contribution < -0.4 is 15.4 Å². The average Bonchev–Trinajstić information content (AvgIpc) is 2.62. The molecule has 1 amide bonds. The fourth-order valence-corrected chi connectivity index (χ4v) is 2.52. The Morgan fingerprint density at radius 3 is 2.42 bits per heavy atom. The molecule has 0 aliphatic heterocycles. The van der Waals surface area contributed by atoms with E-state index in [0.717, 1.165) is 17.4 Å². The van der Waals surface area contributed by atoms with Gasteiger partial charge in [0, 0.05) is 17.1 Å². The first kappa shape index (κ1) is 17.8. The van der Waals surface area contributed by atoms with Crippen molar-refractivity contribution in [2.24, 2.45) is 0 Å². The minimum absolute atomic E-state index is 0.117. The van der Waals surface area contributed by atoms with Gasteiger partial charge >= 0.3 is 0 Å². The summed E-state index contributed by atoms with van der Waals surface area (Å²) in [7, 11) is 0. The summed E-state index contributed by atoms with van der Waals surface area (Å²) >= 11 is 5.87. The Bertz CT molecular complexity index is 903. The molecule has 2 N–H and O–H groups in total. The van der Waals surface area contributed by atoms with Gasteiger partial charge in [-0.2, -0.15) is 0 Å². The molecule has 0 spiro atoms. The predicted molar refractivity (Wildman–Crippen MR) is 102 cm³/mol. The topological polar surface area (TPSA) is 50.4 Å². The maximum Gasteiger partial charge on any atom is 0.262 e. The summed E-state index contributed by atoms with van der Waals surface area (Å²) in [6, 6.07) is 20.8. The van der Waals surface area contributed by atoms with Crippen molar-refractivity contribution in [2.45, 2.75) is 0 Å². The van der Waals surface area contributed by atoms with Crippen LogP contribution in [0.5, 0.6) is 5.75 Å². The van der Waals surface area contributed by atoms with E-state index >= 15 is 0 Å². The van der Waals surface area contributed by atoms with Crippen molar-refractivity contribution < 1.29 is 13.9 Å². The van der Waals surface area contributed by atoms with Crippen LogP contribution in [0.3, 0.4) is 0 Å². The number of rotatable bonds is 6. The third-order valence-electron chi connectivity index (χ3n) is 3.46. The highest BCUT2D eigenvalue weighted by Crippen LogP contribution is 2.25. The number of nitrogens with one attached hydrogen (secondary N) is 2. The van der Waals surface area contributed by atoms with E-state index in [-0.39, 0.29) is 23.3 Å². The molecule has 3 aromatic carbocycles. The zero-order chi connectivity index (χ0) is 18.4. The van der Waals surface area contributed by atoms with Crippen molar-refractivity contribution in [3.8, 4) is 5.75 Å². The molecule has 0 saturated carbocycles. The number of hydrogen-bond acceptors (Lipinski definition) is 3. The molecule has 0 bridgehead atoms. The molecule has 0 heterocycles. The van der Waals surface area contributed by atoms with E-state index in [9.17, 15) is 9.18 Å². The van der Waals surface area contributed by atoms with Gasteiger partial charge in [0.1, 0.15) is 11.6 Å². The number of benzene rings is 3. The number of carbonyl (C=O) groups is 1. The fourth-order valence-electron chi connectivity index (χ4n) is 2.30. The van der Waals surface area contributed by atoms with E-state index in [2.05, 4.69) is 10.6 Å². The largest absolute Gasteiger partial charge is 0.482 e. The van der Waals surface area contributed by atoms with Gasteiger partial charge in [-0.15, -0.1) is 0 Å². The first-order chi connectivity index (χ1) is 12.6. The normalized spacial score (nSPS) is 10.2. The Kier molecular flexibility index (Phi) is 5.71. The predicted octanol–water partition coefficient (Wildman–Crippen LogP) is 5.24. The van der Waals surface area contributed by atoms with E-state index in [4.69, 9.17) is 16.3 Å². The molecule has 0 radical (unpaired) electrons. The standard InChI is InChI=1S/C20H16ClFN2O2/c21-18-11-14(22)9-10-19(18)26-13-20(25)24-17-8-4-7-16(12-17)23-15-5-2-1-3-6-15/h1-12,23H,13H2,(H,24,25). The van der Waals surface area contributed by atoms with Crippen LogP contribution in [0, 0.1) is 5.82 Å². The Morgan fingerprint density at radius 1 is 0.923 bits per heavy atom. The highest BCUT2D eigenvalue weighted by molar-refractivity contribution is 6.32. The number of amides is 1. The second-order valence-electron chi connectivity index (χ2n) is 5.48. The highest BCUT2D eigenvalue weighted by Gasteiger charge is 2.08. The molecule has 132 valence electrons. The van der Waals surface area contributed by atoms with Crippen molar-refractivity contribution in [3.63, 3.8) is 0 Å². The maximum absolute atomic E-state index is 13.0. The first-order valence-electron chi connectivity index (χ1n) is 7.90. The van der Waals surface area contributed by atoms with Crippen molar-refractivity contribution in [1.29, 1.82) is 0 Å². The lowest BCUT2D eigenvalue weighted by Gasteiger charge is -2.11. The number of anilines is 3. The van der Waals surface area contributed by atoms with Crippen LogP contribution in [0.25, 0.3) is 0 Å². The van der Waals surface area contributed by atoms with Crippen LogP contribution in [0.2, 0.25) is 5.02 Å². The lowest BCUT2D eigenvalue weighted by atomic mass is 10.2. The van der Waals surface area contributed by atoms with Gasteiger partial charge in [-0.1, -0.05) is 35.9 Å². The summed E-state index contributed by atoms with van der Waals surface area (Å²) in [6.07, 6.45) is 0. The molecule has 3 rings (SSSR count). The van der Waals surface area contributed by atoms with Gasteiger partial charge in [0.25, 0.3) is 5.91 Å². The maximum atomic E-state index is 13.0. The van der Waals surface area contributed by atoms with E-state index in [1.165, 1.54) is 12.1 Å². The fraction of sp³-hybridized carbons (Fsp3) is 0.0500. The summed E-state index contributed by atoms with van der Waals surface area (Å²) in [5.74, 6) is -0.556. The van der Waals surface area contributed by atoms with Crippen molar-refractivity contribution in [1.82, 2.24) is 0 Å². The first-order valence-corrected chi connectivity index (χ1v) is 8.28. The van der Waals surface area contributed by atoms with Crippen LogP contribution in [0.4, 0.5) is 21.5 Å². The third kappa shape index (κ3) is 4.97. The SMILES string of the molecule is O=C(COc1ccc(F)cc1Cl)Nc1cccc(Nc2ccccc2)c1. The Morgan fingerprint density at radius 2 is 1.65 bits per heavy atom. The van der Waals surface area contributed by atoms with Crippen molar-refractivity contribution in [2.75, 3.05) is 17.2 Å². The molecule has 0 aliphatic rings. The molecular weight excluding hydrogens is 355 g/mol. The monoisotopic (exact) mass is 370 g/mol. The molecular formula is C20H16ClFN2O2. The van der Waals surface area contributed by atoms with Crippen LogP contribution >= 0.6 is 11.6 Å². The molecule has 0 saturated heterocycles. The summed E-state index contributed by atoms with van der Waals surface area (Å²) in [6.45, 7) is -0.234. The van der Waals surface area contributed by atoms with Gasteiger partial charge in [0.05, 0.1) is 5.02 Å². The summed E-state index contributed by atoms with van der Waals surface area (Å²) in [5.41, 5.74) is 2.42. The molecule has 0 aliphatic carbocycles. The van der Waals surface area contributed by atoms with Crippen LogP contribution in [0.1, 0.15) is 0 Å². The molecule has 4 nitrogen and oxygen atoms in total. The molecule has 3 aromatic rings. The molecule has 0 unspecified atom stereocenters. The lowest BCUT2D eigenvalue weighted by Crippen LogP contribution is -2.20.